The van der Waals surface area contributed by atoms with Crippen LogP contribution in [0.15, 0.2) is 41.2 Å². The standard InChI is InChI=1S/C19H22N4O3S3/c1-2-14-12-28-19(21-14)16(22-17(24)7-8-18-20-9-10-27-18)11-13-3-5-15(6-4-13)23-29(25)26/h3-6,9-10,12,16,23H,2,7-8,11H2,1H3,(H,22,24)(H,25,26)/t16-/m0/s1. The zero-order valence-electron chi connectivity index (χ0n) is 15.8. The molecule has 0 radical (unpaired) electrons. The van der Waals surface area contributed by atoms with Crippen LogP contribution in [0.4, 0.5) is 5.69 Å². The number of thiazole rings is 2. The van der Waals surface area contributed by atoms with E-state index in [1.807, 2.05) is 22.9 Å². The van der Waals surface area contributed by atoms with Gasteiger partial charge in [0.05, 0.1) is 16.7 Å². The Kier molecular flexibility index (Phi) is 7.87. The normalized spacial score (nSPS) is 13.0. The van der Waals surface area contributed by atoms with Crippen molar-refractivity contribution < 1.29 is 13.6 Å². The molecule has 2 atom stereocenters. The Bertz CT molecular complexity index is 942. The Morgan fingerprint density at radius 1 is 1.28 bits per heavy atom. The van der Waals surface area contributed by atoms with E-state index in [1.165, 1.54) is 0 Å². The van der Waals surface area contributed by atoms with Gasteiger partial charge in [-0.05, 0) is 30.5 Å². The molecule has 0 saturated carbocycles. The number of benzene rings is 1. The van der Waals surface area contributed by atoms with Gasteiger partial charge in [0.2, 0.25) is 5.91 Å². The number of carbonyl (C=O) groups is 1. The lowest BCUT2D eigenvalue weighted by Crippen LogP contribution is -2.30. The second-order valence-electron chi connectivity index (χ2n) is 6.33. The maximum Gasteiger partial charge on any atom is 0.259 e. The molecule has 154 valence electrons. The molecule has 3 aromatic rings. The van der Waals surface area contributed by atoms with Crippen molar-refractivity contribution in [3.8, 4) is 0 Å². The van der Waals surface area contributed by atoms with Crippen molar-refractivity contribution in [1.82, 2.24) is 15.3 Å². The molecule has 0 fully saturated rings. The molecule has 0 bridgehead atoms. The summed E-state index contributed by atoms with van der Waals surface area (Å²) in [7, 11) is 0. The van der Waals surface area contributed by atoms with Gasteiger partial charge in [0.1, 0.15) is 5.01 Å². The van der Waals surface area contributed by atoms with Crippen LogP contribution >= 0.6 is 22.7 Å². The largest absolute Gasteiger partial charge is 0.347 e. The molecule has 7 nitrogen and oxygen atoms in total. The average Bonchev–Trinajstić information content (AvgIpc) is 3.39. The van der Waals surface area contributed by atoms with Crippen molar-refractivity contribution in [2.75, 3.05) is 4.72 Å². The van der Waals surface area contributed by atoms with Crippen LogP contribution in [0.3, 0.4) is 0 Å². The molecule has 10 heteroatoms. The van der Waals surface area contributed by atoms with E-state index >= 15 is 0 Å². The van der Waals surface area contributed by atoms with Gasteiger partial charge in [0.15, 0.2) is 0 Å². The smallest absolute Gasteiger partial charge is 0.259 e. The summed E-state index contributed by atoms with van der Waals surface area (Å²) in [6.07, 6.45) is 4.17. The molecule has 1 aromatic carbocycles. The Morgan fingerprint density at radius 2 is 2.07 bits per heavy atom. The van der Waals surface area contributed by atoms with Crippen LogP contribution in [0.1, 0.15) is 40.7 Å². The molecular formula is C19H22N4O3S3. The summed E-state index contributed by atoms with van der Waals surface area (Å²) in [5.74, 6) is -0.0348. The zero-order valence-corrected chi connectivity index (χ0v) is 18.3. The van der Waals surface area contributed by atoms with E-state index in [0.717, 1.165) is 27.7 Å². The fourth-order valence-corrected chi connectivity index (χ4v) is 4.66. The first kappa shape index (κ1) is 21.6. The van der Waals surface area contributed by atoms with Crippen molar-refractivity contribution in [3.63, 3.8) is 0 Å². The third-order valence-corrected chi connectivity index (χ3v) is 6.47. The lowest BCUT2D eigenvalue weighted by molar-refractivity contribution is -0.121. The maximum atomic E-state index is 12.5. The van der Waals surface area contributed by atoms with E-state index in [9.17, 15) is 9.00 Å². The number of hydrogen-bond donors (Lipinski definition) is 3. The molecule has 2 aromatic heterocycles. The fraction of sp³-hybridized carbons (Fsp3) is 0.316. The Balaban J connectivity index is 1.68. The quantitative estimate of drug-likeness (QED) is 0.408. The summed E-state index contributed by atoms with van der Waals surface area (Å²) < 4.78 is 22.2. The lowest BCUT2D eigenvalue weighted by Gasteiger charge is -2.17. The number of rotatable bonds is 10. The number of aromatic nitrogens is 2. The third kappa shape index (κ3) is 6.70. The van der Waals surface area contributed by atoms with Gasteiger partial charge < -0.3 is 5.32 Å². The van der Waals surface area contributed by atoms with Gasteiger partial charge in [-0.1, -0.05) is 19.1 Å². The molecule has 3 N–H and O–H groups in total. The number of amides is 1. The molecule has 2 heterocycles. The number of hydrogen-bond acceptors (Lipinski definition) is 6. The molecule has 0 saturated heterocycles. The minimum atomic E-state index is -2.10. The van der Waals surface area contributed by atoms with Crippen LogP contribution in [0.25, 0.3) is 0 Å². The first-order valence-electron chi connectivity index (χ1n) is 9.12. The minimum Gasteiger partial charge on any atom is -0.347 e. The first-order chi connectivity index (χ1) is 14.0. The second kappa shape index (κ2) is 10.6. The van der Waals surface area contributed by atoms with Crippen LogP contribution in [0.5, 0.6) is 0 Å². The topological polar surface area (TPSA) is 104 Å². The van der Waals surface area contributed by atoms with Crippen molar-refractivity contribution in [2.45, 2.75) is 38.6 Å². The number of nitrogens with zero attached hydrogens (tertiary/aromatic N) is 2. The van der Waals surface area contributed by atoms with Gasteiger partial charge >= 0.3 is 0 Å². The molecular weight excluding hydrogens is 428 g/mol. The summed E-state index contributed by atoms with van der Waals surface area (Å²) in [4.78, 5) is 21.4. The van der Waals surface area contributed by atoms with E-state index in [-0.39, 0.29) is 11.9 Å². The van der Waals surface area contributed by atoms with Crippen LogP contribution in [0, 0.1) is 0 Å². The number of anilines is 1. The molecule has 1 unspecified atom stereocenters. The summed E-state index contributed by atoms with van der Waals surface area (Å²) >= 11 is 0.992. The zero-order chi connectivity index (χ0) is 20.6. The van der Waals surface area contributed by atoms with Crippen LogP contribution < -0.4 is 10.0 Å². The van der Waals surface area contributed by atoms with Gasteiger partial charge in [-0.3, -0.25) is 14.1 Å². The molecule has 0 aliphatic heterocycles. The van der Waals surface area contributed by atoms with Crippen molar-refractivity contribution in [1.29, 1.82) is 0 Å². The average molecular weight is 451 g/mol. The summed E-state index contributed by atoms with van der Waals surface area (Å²) in [5, 5.41) is 8.86. The van der Waals surface area contributed by atoms with Crippen molar-refractivity contribution >= 4 is 45.5 Å². The molecule has 29 heavy (non-hydrogen) atoms. The highest BCUT2D eigenvalue weighted by molar-refractivity contribution is 7.80. The highest BCUT2D eigenvalue weighted by Crippen LogP contribution is 2.24. The highest BCUT2D eigenvalue weighted by Gasteiger charge is 2.19. The van der Waals surface area contributed by atoms with E-state index in [1.54, 1.807) is 41.0 Å². The van der Waals surface area contributed by atoms with Crippen LogP contribution in [-0.4, -0.2) is 24.6 Å². The second-order valence-corrected chi connectivity index (χ2v) is 8.90. The van der Waals surface area contributed by atoms with Crippen molar-refractivity contribution in [3.05, 3.63) is 62.5 Å². The highest BCUT2D eigenvalue weighted by atomic mass is 32.2. The van der Waals surface area contributed by atoms with E-state index in [0.29, 0.717) is 24.9 Å². The summed E-state index contributed by atoms with van der Waals surface area (Å²) in [5.41, 5.74) is 2.57. The Hall–Kier alpha value is -2.14. The number of carbonyl (C=O) groups excluding carboxylic acids is 1. The Labute approximate surface area is 180 Å². The Morgan fingerprint density at radius 3 is 2.69 bits per heavy atom. The summed E-state index contributed by atoms with van der Waals surface area (Å²) in [6.45, 7) is 2.05. The molecule has 3 rings (SSSR count). The van der Waals surface area contributed by atoms with Gasteiger partial charge in [-0.2, -0.15) is 0 Å². The van der Waals surface area contributed by atoms with Crippen LogP contribution in [0.2, 0.25) is 0 Å². The molecule has 0 aliphatic rings. The predicted molar refractivity (Wildman–Crippen MR) is 117 cm³/mol. The van der Waals surface area contributed by atoms with Gasteiger partial charge in [0.25, 0.3) is 11.3 Å². The molecule has 0 spiro atoms. The lowest BCUT2D eigenvalue weighted by atomic mass is 10.1. The first-order valence-corrected chi connectivity index (χ1v) is 12.0. The van der Waals surface area contributed by atoms with E-state index in [4.69, 9.17) is 4.55 Å². The van der Waals surface area contributed by atoms with Gasteiger partial charge in [-0.25, -0.2) is 14.2 Å². The maximum absolute atomic E-state index is 12.5. The van der Waals surface area contributed by atoms with E-state index < -0.39 is 11.3 Å². The molecule has 0 aliphatic carbocycles. The van der Waals surface area contributed by atoms with Gasteiger partial charge in [0, 0.05) is 35.5 Å². The van der Waals surface area contributed by atoms with Crippen LogP contribution in [-0.2, 0) is 35.3 Å². The SMILES string of the molecule is CCc1csc([C@H](Cc2ccc(NS(=O)O)cc2)NC(=O)CCc2nccs2)n1. The third-order valence-electron chi connectivity index (χ3n) is 4.21. The summed E-state index contributed by atoms with van der Waals surface area (Å²) in [6, 6.07) is 7.00. The minimum absolute atomic E-state index is 0.0348. The fourth-order valence-electron chi connectivity index (χ4n) is 2.75. The molecule has 1 amide bonds. The van der Waals surface area contributed by atoms with Crippen molar-refractivity contribution in [2.24, 2.45) is 0 Å². The predicted octanol–water partition coefficient (Wildman–Crippen LogP) is 3.74. The van der Waals surface area contributed by atoms with Gasteiger partial charge in [-0.15, -0.1) is 22.7 Å². The number of aryl methyl sites for hydroxylation is 2. The van der Waals surface area contributed by atoms with E-state index in [2.05, 4.69) is 26.9 Å². The number of nitrogens with one attached hydrogen (secondary N) is 2. The monoisotopic (exact) mass is 450 g/mol.